The van der Waals surface area contributed by atoms with E-state index >= 15 is 0 Å². The number of nitrogen functional groups attached to an aromatic ring is 1. The van der Waals surface area contributed by atoms with E-state index in [9.17, 15) is 17.8 Å². The zero-order valence-corrected chi connectivity index (χ0v) is 37.6. The third kappa shape index (κ3) is 12.2. The SMILES string of the molecule is CC(=O)O[C@H]1[C@@H](OS(=O)(=O)[O-])[C@H](n2cnc3c(N)ncnc32)O[C@@H]1COC(c1ccccc1)(c1ccccc1)c1ccccc1.CCCC[N+](CCCC)(CCCC)CCCC. The van der Waals surface area contributed by atoms with E-state index in [-0.39, 0.29) is 23.6 Å². The number of rotatable bonds is 22. The van der Waals surface area contributed by atoms with Crippen LogP contribution in [0.25, 0.3) is 11.2 Å². The average molecular weight is 873 g/mol. The number of hydrogen-bond donors (Lipinski definition) is 1. The van der Waals surface area contributed by atoms with Crippen molar-refractivity contribution in [3.63, 3.8) is 0 Å². The van der Waals surface area contributed by atoms with Gasteiger partial charge in [-0.2, -0.15) is 0 Å². The molecule has 15 heteroatoms. The molecule has 0 bridgehead atoms. The molecular weight excluding hydrogens is 809 g/mol. The lowest BCUT2D eigenvalue weighted by Gasteiger charge is -2.39. The Kier molecular flexibility index (Phi) is 18.0. The Morgan fingerprint density at radius 3 is 1.65 bits per heavy atom. The molecule has 0 amide bonds. The van der Waals surface area contributed by atoms with Crippen molar-refractivity contribution >= 4 is 33.4 Å². The van der Waals surface area contributed by atoms with Crippen molar-refractivity contribution < 1.29 is 40.6 Å². The Morgan fingerprint density at radius 1 is 0.758 bits per heavy atom. The summed E-state index contributed by atoms with van der Waals surface area (Å²) in [6.07, 6.45) is 8.06. The molecule has 5 aromatic rings. The lowest BCUT2D eigenvalue weighted by atomic mass is 9.80. The third-order valence-corrected chi connectivity index (χ3v) is 11.9. The van der Waals surface area contributed by atoms with Crippen LogP contribution < -0.4 is 5.73 Å². The van der Waals surface area contributed by atoms with Gasteiger partial charge < -0.3 is 29.0 Å². The predicted octanol–water partition coefficient (Wildman–Crippen LogP) is 8.10. The number of esters is 1. The summed E-state index contributed by atoms with van der Waals surface area (Å²) in [5.41, 5.74) is 7.55. The van der Waals surface area contributed by atoms with E-state index in [2.05, 4.69) is 42.6 Å². The molecule has 1 aliphatic rings. The van der Waals surface area contributed by atoms with Crippen LogP contribution in [0.3, 0.4) is 0 Å². The minimum atomic E-state index is -5.31. The van der Waals surface area contributed by atoms with E-state index < -0.39 is 46.5 Å². The van der Waals surface area contributed by atoms with Crippen molar-refractivity contribution in [1.82, 2.24) is 19.5 Å². The number of anilines is 1. The molecule has 6 rings (SSSR count). The fourth-order valence-corrected chi connectivity index (χ4v) is 8.79. The van der Waals surface area contributed by atoms with Crippen LogP contribution in [-0.4, -0.2) is 94.0 Å². The molecule has 1 aliphatic heterocycles. The first-order valence-electron chi connectivity index (χ1n) is 22.0. The van der Waals surface area contributed by atoms with E-state index in [4.69, 9.17) is 24.1 Å². The predicted molar refractivity (Wildman–Crippen MR) is 238 cm³/mol. The number of nitrogens with zero attached hydrogens (tertiary/aromatic N) is 5. The molecule has 62 heavy (non-hydrogen) atoms. The number of carbonyl (C=O) groups is 1. The highest BCUT2D eigenvalue weighted by molar-refractivity contribution is 7.80. The second-order valence-electron chi connectivity index (χ2n) is 15.9. The monoisotopic (exact) mass is 872 g/mol. The minimum Gasteiger partial charge on any atom is -0.726 e. The van der Waals surface area contributed by atoms with Gasteiger partial charge in [-0.05, 0) is 42.4 Å². The smallest absolute Gasteiger partial charge is 0.303 e. The number of ether oxygens (including phenoxy) is 3. The number of unbranched alkanes of at least 4 members (excludes halogenated alkanes) is 4. The number of benzene rings is 3. The number of hydrogen-bond acceptors (Lipinski definition) is 12. The van der Waals surface area contributed by atoms with Crippen LogP contribution in [0, 0.1) is 0 Å². The van der Waals surface area contributed by atoms with Gasteiger partial charge in [0.1, 0.15) is 23.5 Å². The van der Waals surface area contributed by atoms with Gasteiger partial charge in [-0.25, -0.2) is 23.4 Å². The number of fused-ring (bicyclic) bond motifs is 1. The molecule has 14 nitrogen and oxygen atoms in total. The highest BCUT2D eigenvalue weighted by atomic mass is 32.3. The summed E-state index contributed by atoms with van der Waals surface area (Å²) in [4.78, 5) is 24.7. The maximum absolute atomic E-state index is 12.3. The van der Waals surface area contributed by atoms with Crippen molar-refractivity contribution in [2.45, 2.75) is 116 Å². The zero-order valence-electron chi connectivity index (χ0n) is 36.8. The Labute approximate surface area is 367 Å². The molecule has 4 atom stereocenters. The van der Waals surface area contributed by atoms with Crippen LogP contribution in [0.2, 0.25) is 0 Å². The van der Waals surface area contributed by atoms with Crippen molar-refractivity contribution in [3.8, 4) is 0 Å². The average Bonchev–Trinajstić information content (AvgIpc) is 3.85. The second kappa shape index (κ2) is 23.1. The standard InChI is InChI=1S/C31H29N5O8S.C16H36N/c1-20(37)42-26-24(43-30(27(26)44-45(38,39)40)36-19-35-25-28(32)33-18-34-29(25)36)17-41-31(21-11-5-2-6-12-21,22-13-7-3-8-14-22)23-15-9-4-10-16-23;1-5-9-13-17(14-10-6-2,15-11-7-3)16-12-8-4/h2-16,18-19,24,26-27,30H,17H2,1H3,(H2,32,33,34)(H,38,39,40);5-16H2,1-4H3/q;+1/p-1/t24-,26-,27-,30-;/m1./s1. The van der Waals surface area contributed by atoms with Crippen LogP contribution in [0.15, 0.2) is 104 Å². The minimum absolute atomic E-state index is 0.0699. The van der Waals surface area contributed by atoms with Gasteiger partial charge in [0.05, 0.1) is 39.1 Å². The fraction of sp³-hybridized carbons (Fsp3) is 0.489. The second-order valence-corrected chi connectivity index (χ2v) is 16.9. The first-order valence-corrected chi connectivity index (χ1v) is 23.3. The van der Waals surface area contributed by atoms with E-state index in [0.717, 1.165) is 23.6 Å². The first-order chi connectivity index (χ1) is 29.9. The Morgan fingerprint density at radius 2 is 1.23 bits per heavy atom. The molecule has 0 spiro atoms. The summed E-state index contributed by atoms with van der Waals surface area (Å²) in [6.45, 7) is 15.9. The molecule has 2 N–H and O–H groups in total. The van der Waals surface area contributed by atoms with Gasteiger partial charge in [0.15, 0.2) is 29.9 Å². The number of imidazole rings is 1. The highest BCUT2D eigenvalue weighted by Crippen LogP contribution is 2.43. The van der Waals surface area contributed by atoms with Crippen LogP contribution in [0.1, 0.15) is 109 Å². The van der Waals surface area contributed by atoms with E-state index in [1.54, 1.807) is 0 Å². The van der Waals surface area contributed by atoms with Gasteiger partial charge in [-0.1, -0.05) is 144 Å². The molecule has 3 heterocycles. The summed E-state index contributed by atoms with van der Waals surface area (Å²) < 4.78 is 62.4. The Hall–Kier alpha value is -4.77. The molecule has 336 valence electrons. The highest BCUT2D eigenvalue weighted by Gasteiger charge is 2.52. The van der Waals surface area contributed by atoms with Gasteiger partial charge in [0, 0.05) is 6.92 Å². The quantitative estimate of drug-likeness (QED) is 0.0233. The largest absolute Gasteiger partial charge is 0.726 e. The number of nitrogens with two attached hydrogens (primary N) is 1. The summed E-state index contributed by atoms with van der Waals surface area (Å²) in [7, 11) is -5.31. The molecule has 0 saturated carbocycles. The molecule has 0 unspecified atom stereocenters. The lowest BCUT2D eigenvalue weighted by Crippen LogP contribution is -2.50. The lowest BCUT2D eigenvalue weighted by molar-refractivity contribution is -0.929. The van der Waals surface area contributed by atoms with Crippen LogP contribution in [-0.2, 0) is 39.2 Å². The first kappa shape index (κ1) is 48.3. The summed E-state index contributed by atoms with van der Waals surface area (Å²) in [5.74, 6) is -0.686. The third-order valence-electron chi connectivity index (χ3n) is 11.4. The normalized spacial score (nSPS) is 18.0. The molecular formula is C47H64N6O8S. The summed E-state index contributed by atoms with van der Waals surface area (Å²) >= 11 is 0. The Balaban J connectivity index is 0.000000363. The van der Waals surface area contributed by atoms with Crippen LogP contribution in [0.4, 0.5) is 5.82 Å². The van der Waals surface area contributed by atoms with Crippen molar-refractivity contribution in [1.29, 1.82) is 0 Å². The van der Waals surface area contributed by atoms with E-state index in [1.165, 1.54) is 99.3 Å². The molecule has 0 aliphatic carbocycles. The van der Waals surface area contributed by atoms with Crippen LogP contribution in [0.5, 0.6) is 0 Å². The topological polar surface area (TPSA) is 181 Å². The summed E-state index contributed by atoms with van der Waals surface area (Å²) in [6, 6.07) is 28.6. The number of quaternary nitrogens is 1. The maximum Gasteiger partial charge on any atom is 0.303 e. The van der Waals surface area contributed by atoms with Crippen molar-refractivity contribution in [3.05, 3.63) is 120 Å². The van der Waals surface area contributed by atoms with E-state index in [1.807, 2.05) is 91.0 Å². The number of aromatic nitrogens is 4. The van der Waals surface area contributed by atoms with Gasteiger partial charge in [0.25, 0.3) is 0 Å². The van der Waals surface area contributed by atoms with Crippen molar-refractivity contribution in [2.24, 2.45) is 0 Å². The van der Waals surface area contributed by atoms with Gasteiger partial charge in [-0.15, -0.1) is 0 Å². The molecule has 0 radical (unpaired) electrons. The Bertz CT molecular complexity index is 2080. The fourth-order valence-electron chi connectivity index (χ4n) is 8.32. The summed E-state index contributed by atoms with van der Waals surface area (Å²) in [5, 5.41) is 0. The van der Waals surface area contributed by atoms with Gasteiger partial charge >= 0.3 is 5.97 Å². The van der Waals surface area contributed by atoms with Gasteiger partial charge in [-0.3, -0.25) is 13.5 Å². The van der Waals surface area contributed by atoms with Crippen LogP contribution >= 0.6 is 0 Å². The van der Waals surface area contributed by atoms with E-state index in [0.29, 0.717) is 0 Å². The zero-order chi connectivity index (χ0) is 44.6. The molecule has 1 fully saturated rings. The number of carbonyl (C=O) groups excluding carboxylic acids is 1. The van der Waals surface area contributed by atoms with Gasteiger partial charge in [0.2, 0.25) is 10.4 Å². The maximum atomic E-state index is 12.3. The molecule has 2 aromatic heterocycles. The van der Waals surface area contributed by atoms with Crippen molar-refractivity contribution in [2.75, 3.05) is 38.5 Å². The molecule has 1 saturated heterocycles. The molecule has 3 aromatic carbocycles.